The average Bonchev–Trinajstić information content (AvgIpc) is 2.96. The first-order valence-electron chi connectivity index (χ1n) is 6.85. The van der Waals surface area contributed by atoms with Crippen molar-refractivity contribution in [3.05, 3.63) is 50.1 Å². The third kappa shape index (κ3) is 2.86. The summed E-state index contributed by atoms with van der Waals surface area (Å²) in [5, 5.41) is 0. The summed E-state index contributed by atoms with van der Waals surface area (Å²) >= 11 is 5.11. The number of aryl methyl sites for hydroxylation is 1. The molecule has 0 aliphatic carbocycles. The highest BCUT2D eigenvalue weighted by Crippen LogP contribution is 2.30. The first-order chi connectivity index (χ1) is 10.5. The molecule has 0 fully saturated rings. The molecule has 3 rings (SSSR count). The van der Waals surface area contributed by atoms with E-state index in [4.69, 9.17) is 0 Å². The fourth-order valence-corrected chi connectivity index (χ4v) is 4.11. The van der Waals surface area contributed by atoms with Crippen LogP contribution < -0.4 is 4.90 Å². The molecule has 0 atom stereocenters. The number of benzene rings is 1. The second-order valence-corrected chi connectivity index (χ2v) is 7.99. The van der Waals surface area contributed by atoms with Crippen LogP contribution in [0.4, 0.5) is 5.69 Å². The summed E-state index contributed by atoms with van der Waals surface area (Å²) in [7, 11) is 1.94. The first kappa shape index (κ1) is 15.4. The number of rotatable bonds is 4. The van der Waals surface area contributed by atoms with Crippen LogP contribution in [0, 0.1) is 6.92 Å². The Morgan fingerprint density at radius 3 is 2.68 bits per heavy atom. The van der Waals surface area contributed by atoms with E-state index in [0.29, 0.717) is 17.9 Å². The van der Waals surface area contributed by atoms with Crippen molar-refractivity contribution in [1.29, 1.82) is 0 Å². The molecule has 1 aliphatic rings. The highest BCUT2D eigenvalue weighted by Gasteiger charge is 2.36. The smallest absolute Gasteiger partial charge is 0.291 e. The molecular formula is C16H15BrN2O2S. The van der Waals surface area contributed by atoms with E-state index in [9.17, 15) is 9.59 Å². The van der Waals surface area contributed by atoms with Gasteiger partial charge in [-0.3, -0.25) is 19.4 Å². The van der Waals surface area contributed by atoms with Gasteiger partial charge in [-0.1, -0.05) is 11.6 Å². The Kier molecular flexibility index (Phi) is 4.16. The van der Waals surface area contributed by atoms with E-state index in [0.717, 1.165) is 15.9 Å². The first-order valence-corrected chi connectivity index (χ1v) is 8.46. The van der Waals surface area contributed by atoms with Crippen molar-refractivity contribution in [2.45, 2.75) is 13.5 Å². The number of amides is 1. The van der Waals surface area contributed by atoms with E-state index < -0.39 is 11.7 Å². The summed E-state index contributed by atoms with van der Waals surface area (Å²) in [5.41, 5.74) is 2.20. The third-order valence-corrected chi connectivity index (χ3v) is 5.17. The predicted molar refractivity (Wildman–Crippen MR) is 91.3 cm³/mol. The maximum atomic E-state index is 12.2. The average molecular weight is 379 g/mol. The second kappa shape index (κ2) is 5.95. The molecule has 22 heavy (non-hydrogen) atoms. The molecule has 0 radical (unpaired) electrons. The molecule has 4 nitrogen and oxygen atoms in total. The number of carbonyl (C=O) groups excluding carboxylic acids is 2. The van der Waals surface area contributed by atoms with Gasteiger partial charge in [0, 0.05) is 11.4 Å². The van der Waals surface area contributed by atoms with E-state index in [-0.39, 0.29) is 0 Å². The lowest BCUT2D eigenvalue weighted by molar-refractivity contribution is -0.114. The zero-order chi connectivity index (χ0) is 15.9. The van der Waals surface area contributed by atoms with Gasteiger partial charge < -0.3 is 0 Å². The number of Topliss-reactive ketones (excluding diaryl/α,β-unsaturated/α-hetero) is 1. The Hall–Kier alpha value is -1.50. The van der Waals surface area contributed by atoms with E-state index >= 15 is 0 Å². The highest BCUT2D eigenvalue weighted by molar-refractivity contribution is 9.11. The Bertz CT molecular complexity index is 756. The Balaban J connectivity index is 1.78. The van der Waals surface area contributed by atoms with Crippen molar-refractivity contribution in [3.63, 3.8) is 0 Å². The fourth-order valence-electron chi connectivity index (χ4n) is 2.55. The Morgan fingerprint density at radius 2 is 2.00 bits per heavy atom. The number of fused-ring (bicyclic) bond motifs is 1. The van der Waals surface area contributed by atoms with Crippen LogP contribution in [0.15, 0.2) is 34.1 Å². The van der Waals surface area contributed by atoms with Gasteiger partial charge in [-0.25, -0.2) is 0 Å². The van der Waals surface area contributed by atoms with Crippen molar-refractivity contribution in [1.82, 2.24) is 4.90 Å². The molecule has 0 bridgehead atoms. The van der Waals surface area contributed by atoms with Gasteiger partial charge in [0.1, 0.15) is 0 Å². The van der Waals surface area contributed by atoms with Gasteiger partial charge in [0.25, 0.3) is 5.78 Å². The molecule has 1 aromatic carbocycles. The van der Waals surface area contributed by atoms with Crippen molar-refractivity contribution >= 4 is 44.6 Å². The fraction of sp³-hybridized carbons (Fsp3) is 0.250. The summed E-state index contributed by atoms with van der Waals surface area (Å²) in [4.78, 5) is 29.1. The zero-order valence-corrected chi connectivity index (χ0v) is 14.7. The second-order valence-electron chi connectivity index (χ2n) is 5.44. The molecule has 0 spiro atoms. The minimum absolute atomic E-state index is 0.399. The molecule has 1 aromatic heterocycles. The molecule has 1 aliphatic heterocycles. The molecule has 2 heterocycles. The normalized spacial score (nSPS) is 14.1. The van der Waals surface area contributed by atoms with Gasteiger partial charge in [-0.15, -0.1) is 11.3 Å². The lowest BCUT2D eigenvalue weighted by Crippen LogP contribution is -2.38. The molecule has 0 saturated heterocycles. The number of carbonyl (C=O) groups is 2. The zero-order valence-electron chi connectivity index (χ0n) is 12.3. The number of hydrogen-bond donors (Lipinski definition) is 0. The van der Waals surface area contributed by atoms with Crippen LogP contribution in [-0.4, -0.2) is 30.3 Å². The lowest BCUT2D eigenvalue weighted by atomic mass is 10.1. The monoisotopic (exact) mass is 378 g/mol. The maximum absolute atomic E-state index is 12.2. The number of hydrogen-bond acceptors (Lipinski definition) is 4. The Labute approximate surface area is 141 Å². The summed E-state index contributed by atoms with van der Waals surface area (Å²) < 4.78 is 1.09. The van der Waals surface area contributed by atoms with Crippen molar-refractivity contribution in [2.24, 2.45) is 0 Å². The molecule has 2 aromatic rings. The quantitative estimate of drug-likeness (QED) is 0.765. The number of ketones is 1. The van der Waals surface area contributed by atoms with Gasteiger partial charge in [0.15, 0.2) is 0 Å². The van der Waals surface area contributed by atoms with Gasteiger partial charge in [0.2, 0.25) is 0 Å². The van der Waals surface area contributed by atoms with Crippen LogP contribution in [-0.2, 0) is 11.3 Å². The van der Waals surface area contributed by atoms with Crippen LogP contribution in [0.25, 0.3) is 0 Å². The minimum atomic E-state index is -0.445. The Morgan fingerprint density at radius 1 is 1.23 bits per heavy atom. The van der Waals surface area contributed by atoms with E-state index in [1.807, 2.05) is 37.1 Å². The number of anilines is 1. The van der Waals surface area contributed by atoms with Crippen LogP contribution in [0.3, 0.4) is 0 Å². The maximum Gasteiger partial charge on any atom is 0.300 e. The SMILES string of the molecule is Cc1ccc2c(c1)C(=O)C(=O)N2CN(C)Cc1ccc(Br)s1. The topological polar surface area (TPSA) is 40.6 Å². The van der Waals surface area contributed by atoms with Crippen molar-refractivity contribution in [3.8, 4) is 0 Å². The summed E-state index contributed by atoms with van der Waals surface area (Å²) in [6.07, 6.45) is 0. The highest BCUT2D eigenvalue weighted by atomic mass is 79.9. The molecule has 0 unspecified atom stereocenters. The summed E-state index contributed by atoms with van der Waals surface area (Å²) in [6.45, 7) is 3.05. The van der Waals surface area contributed by atoms with Gasteiger partial charge in [0.05, 0.1) is 21.7 Å². The van der Waals surface area contributed by atoms with Crippen molar-refractivity contribution < 1.29 is 9.59 Å². The van der Waals surface area contributed by atoms with Gasteiger partial charge >= 0.3 is 5.91 Å². The molecule has 0 N–H and O–H groups in total. The molecule has 1 amide bonds. The van der Waals surface area contributed by atoms with E-state index in [1.54, 1.807) is 22.3 Å². The van der Waals surface area contributed by atoms with Crippen molar-refractivity contribution in [2.75, 3.05) is 18.6 Å². The molecule has 0 saturated carbocycles. The number of thiophene rings is 1. The van der Waals surface area contributed by atoms with Crippen LogP contribution >= 0.6 is 27.3 Å². The standard InChI is InChI=1S/C16H15BrN2O2S/c1-10-3-5-13-12(7-10)15(20)16(21)19(13)9-18(2)8-11-4-6-14(17)22-11/h3-7H,8-9H2,1-2H3. The van der Waals surface area contributed by atoms with Crippen LogP contribution in [0.1, 0.15) is 20.8 Å². The van der Waals surface area contributed by atoms with Gasteiger partial charge in [-0.05, 0) is 54.2 Å². The van der Waals surface area contributed by atoms with E-state index in [2.05, 4.69) is 22.0 Å². The van der Waals surface area contributed by atoms with Crippen LogP contribution in [0.5, 0.6) is 0 Å². The summed E-state index contributed by atoms with van der Waals surface area (Å²) in [6, 6.07) is 9.62. The lowest BCUT2D eigenvalue weighted by Gasteiger charge is -2.24. The van der Waals surface area contributed by atoms with Crippen LogP contribution in [0.2, 0.25) is 0 Å². The predicted octanol–water partition coefficient (Wildman–Crippen LogP) is 3.44. The minimum Gasteiger partial charge on any atom is -0.291 e. The van der Waals surface area contributed by atoms with E-state index in [1.165, 1.54) is 4.88 Å². The summed E-state index contributed by atoms with van der Waals surface area (Å²) in [5.74, 6) is -0.856. The number of nitrogens with zero attached hydrogens (tertiary/aromatic N) is 2. The number of halogens is 1. The molecule has 6 heteroatoms. The van der Waals surface area contributed by atoms with Gasteiger partial charge in [-0.2, -0.15) is 0 Å². The molecular weight excluding hydrogens is 364 g/mol. The largest absolute Gasteiger partial charge is 0.300 e. The third-order valence-electron chi connectivity index (χ3n) is 3.56. The molecule has 114 valence electrons.